The third-order valence-corrected chi connectivity index (χ3v) is 4.03. The molecule has 0 amide bonds. The van der Waals surface area contributed by atoms with Crippen molar-refractivity contribution in [3.63, 3.8) is 0 Å². The predicted octanol–water partition coefficient (Wildman–Crippen LogP) is 4.90. The lowest BCUT2D eigenvalue weighted by atomic mass is 10.1. The van der Waals surface area contributed by atoms with Gasteiger partial charge in [0.15, 0.2) is 0 Å². The van der Waals surface area contributed by atoms with Crippen molar-refractivity contribution in [2.75, 3.05) is 0 Å². The van der Waals surface area contributed by atoms with Crippen LogP contribution in [-0.4, -0.2) is 9.97 Å². The van der Waals surface area contributed by atoms with Crippen LogP contribution in [0.3, 0.4) is 0 Å². The highest BCUT2D eigenvalue weighted by Gasteiger charge is 2.10. The second kappa shape index (κ2) is 6.62. The highest BCUT2D eigenvalue weighted by Crippen LogP contribution is 2.25. The Balaban J connectivity index is 1.67. The summed E-state index contributed by atoms with van der Waals surface area (Å²) in [6.07, 6.45) is 1.57. The van der Waals surface area contributed by atoms with Gasteiger partial charge in [-0.05, 0) is 54.6 Å². The molecule has 0 saturated heterocycles. The van der Waals surface area contributed by atoms with Gasteiger partial charge in [-0.15, -0.1) is 0 Å². The molecule has 0 aliphatic heterocycles. The van der Waals surface area contributed by atoms with Crippen LogP contribution in [0.4, 0.5) is 4.39 Å². The molecule has 2 aromatic heterocycles. The molecular weight excluding hydrogens is 343 g/mol. The molecule has 2 aromatic carbocycles. The van der Waals surface area contributed by atoms with Gasteiger partial charge in [0.1, 0.15) is 29.2 Å². The Morgan fingerprint density at radius 2 is 1.89 bits per heavy atom. The number of allylic oxidation sites excluding steroid dienone is 1. The van der Waals surface area contributed by atoms with E-state index in [0.29, 0.717) is 33.9 Å². The van der Waals surface area contributed by atoms with Gasteiger partial charge in [-0.2, -0.15) is 10.5 Å². The number of aromatic nitrogens is 2. The summed E-state index contributed by atoms with van der Waals surface area (Å²) in [6, 6.07) is 18.9. The molecule has 27 heavy (non-hydrogen) atoms. The Morgan fingerprint density at radius 3 is 2.63 bits per heavy atom. The van der Waals surface area contributed by atoms with Crippen molar-refractivity contribution in [1.82, 2.24) is 9.97 Å². The van der Waals surface area contributed by atoms with E-state index in [1.165, 1.54) is 12.1 Å². The number of furan rings is 1. The lowest BCUT2D eigenvalue weighted by Crippen LogP contribution is -1.84. The van der Waals surface area contributed by atoms with Crippen molar-refractivity contribution in [2.45, 2.75) is 0 Å². The van der Waals surface area contributed by atoms with Crippen LogP contribution in [0.25, 0.3) is 34.0 Å². The minimum atomic E-state index is -0.377. The molecule has 6 heteroatoms. The number of hydrogen-bond donors (Lipinski definition) is 1. The van der Waals surface area contributed by atoms with Crippen LogP contribution < -0.4 is 0 Å². The highest BCUT2D eigenvalue weighted by atomic mass is 19.1. The predicted molar refractivity (Wildman–Crippen MR) is 98.4 cm³/mol. The number of fused-ring (bicyclic) bond motifs is 1. The number of aromatic amines is 1. The van der Waals surface area contributed by atoms with Gasteiger partial charge in [-0.25, -0.2) is 9.37 Å². The average Bonchev–Trinajstić information content (AvgIpc) is 3.32. The number of nitriles is 2. The molecule has 0 bridgehead atoms. The first kappa shape index (κ1) is 16.3. The molecule has 0 aliphatic carbocycles. The Hall–Kier alpha value is -4.16. The second-order valence-electron chi connectivity index (χ2n) is 5.81. The van der Waals surface area contributed by atoms with Crippen molar-refractivity contribution < 1.29 is 8.81 Å². The largest absolute Gasteiger partial charge is 0.457 e. The minimum absolute atomic E-state index is 0.271. The van der Waals surface area contributed by atoms with Crippen molar-refractivity contribution in [1.29, 1.82) is 10.5 Å². The summed E-state index contributed by atoms with van der Waals surface area (Å²) in [7, 11) is 0. The van der Waals surface area contributed by atoms with E-state index in [1.807, 2.05) is 0 Å². The second-order valence-corrected chi connectivity index (χ2v) is 5.81. The third kappa shape index (κ3) is 3.20. The fourth-order valence-electron chi connectivity index (χ4n) is 2.70. The Kier molecular flexibility index (Phi) is 4.00. The number of imidazole rings is 1. The van der Waals surface area contributed by atoms with Crippen molar-refractivity contribution in [2.24, 2.45) is 0 Å². The molecule has 1 N–H and O–H groups in total. The van der Waals surface area contributed by atoms with E-state index in [0.717, 1.165) is 5.56 Å². The number of benzene rings is 2. The maximum absolute atomic E-state index is 13.3. The molecule has 0 radical (unpaired) electrons. The summed E-state index contributed by atoms with van der Waals surface area (Å²) in [5, 5.41) is 18.3. The maximum atomic E-state index is 13.3. The van der Waals surface area contributed by atoms with Gasteiger partial charge in [-0.3, -0.25) is 0 Å². The van der Waals surface area contributed by atoms with E-state index in [-0.39, 0.29) is 11.4 Å². The molecule has 4 aromatic rings. The molecular formula is C21H11FN4O. The zero-order valence-corrected chi connectivity index (χ0v) is 13.9. The number of nitrogens with zero attached hydrogens (tertiary/aromatic N) is 3. The number of hydrogen-bond acceptors (Lipinski definition) is 4. The Bertz CT molecular complexity index is 1250. The average molecular weight is 354 g/mol. The third-order valence-electron chi connectivity index (χ3n) is 4.03. The summed E-state index contributed by atoms with van der Waals surface area (Å²) in [5.41, 5.74) is 2.76. The number of rotatable bonds is 3. The van der Waals surface area contributed by atoms with Gasteiger partial charge < -0.3 is 9.40 Å². The molecule has 4 rings (SSSR count). The zero-order valence-electron chi connectivity index (χ0n) is 13.9. The van der Waals surface area contributed by atoms with Crippen LogP contribution in [0.15, 0.2) is 59.0 Å². The molecule has 2 heterocycles. The SMILES string of the molecule is N#C/C(=C/c1ccc(-c2ccc(C#N)cc2)o1)c1nc2ccc(F)cc2[nH]1. The van der Waals surface area contributed by atoms with E-state index in [9.17, 15) is 9.65 Å². The summed E-state index contributed by atoms with van der Waals surface area (Å²) in [5.74, 6) is 1.07. The topological polar surface area (TPSA) is 89.4 Å². The van der Waals surface area contributed by atoms with Gasteiger partial charge in [0.05, 0.1) is 28.2 Å². The van der Waals surface area contributed by atoms with E-state index in [4.69, 9.17) is 9.68 Å². The minimum Gasteiger partial charge on any atom is -0.457 e. The van der Waals surface area contributed by atoms with Crippen LogP contribution in [0.2, 0.25) is 0 Å². The summed E-state index contributed by atoms with van der Waals surface area (Å²) < 4.78 is 19.1. The molecule has 0 spiro atoms. The smallest absolute Gasteiger partial charge is 0.149 e. The van der Waals surface area contributed by atoms with Crippen LogP contribution >= 0.6 is 0 Å². The molecule has 0 unspecified atom stereocenters. The standard InChI is InChI=1S/C21H11FN4O/c22-16-5-7-18-19(10-16)26-21(25-18)15(12-24)9-17-6-8-20(27-17)14-3-1-13(11-23)2-4-14/h1-10H,(H,25,26)/b15-9-. The lowest BCUT2D eigenvalue weighted by Gasteiger charge is -1.96. The van der Waals surface area contributed by atoms with Crippen LogP contribution in [0, 0.1) is 28.5 Å². The summed E-state index contributed by atoms with van der Waals surface area (Å²) in [4.78, 5) is 7.26. The molecule has 0 saturated carbocycles. The van der Waals surface area contributed by atoms with Gasteiger partial charge in [0.25, 0.3) is 0 Å². The van der Waals surface area contributed by atoms with Gasteiger partial charge in [-0.1, -0.05) is 0 Å². The summed E-state index contributed by atoms with van der Waals surface area (Å²) >= 11 is 0. The molecule has 5 nitrogen and oxygen atoms in total. The van der Waals surface area contributed by atoms with Crippen molar-refractivity contribution in [3.8, 4) is 23.5 Å². The van der Waals surface area contributed by atoms with Gasteiger partial charge in [0.2, 0.25) is 0 Å². The van der Waals surface area contributed by atoms with Crippen molar-refractivity contribution >= 4 is 22.7 Å². The van der Waals surface area contributed by atoms with Crippen LogP contribution in [0.1, 0.15) is 17.1 Å². The number of halogens is 1. The number of H-pyrrole nitrogens is 1. The van der Waals surface area contributed by atoms with E-state index in [2.05, 4.69) is 22.1 Å². The fourth-order valence-corrected chi connectivity index (χ4v) is 2.70. The van der Waals surface area contributed by atoms with Gasteiger partial charge in [0, 0.05) is 11.6 Å². The molecule has 128 valence electrons. The highest BCUT2D eigenvalue weighted by molar-refractivity contribution is 5.89. The Labute approximate surface area is 153 Å². The van der Waals surface area contributed by atoms with Crippen LogP contribution in [0.5, 0.6) is 0 Å². The normalized spacial score (nSPS) is 11.3. The molecule has 0 atom stereocenters. The van der Waals surface area contributed by atoms with E-state index < -0.39 is 0 Å². The first-order valence-corrected chi connectivity index (χ1v) is 8.04. The lowest BCUT2D eigenvalue weighted by molar-refractivity contribution is 0.572. The maximum Gasteiger partial charge on any atom is 0.149 e. The monoisotopic (exact) mass is 354 g/mol. The fraction of sp³-hybridized carbons (Fsp3) is 0. The molecule has 0 aliphatic rings. The Morgan fingerprint density at radius 1 is 1.07 bits per heavy atom. The summed E-state index contributed by atoms with van der Waals surface area (Å²) in [6.45, 7) is 0. The molecule has 0 fully saturated rings. The first-order chi connectivity index (χ1) is 13.2. The quantitative estimate of drug-likeness (QED) is 0.530. The zero-order chi connectivity index (χ0) is 18.8. The first-order valence-electron chi connectivity index (χ1n) is 8.04. The van der Waals surface area contributed by atoms with E-state index in [1.54, 1.807) is 48.5 Å². The number of nitrogens with one attached hydrogen (secondary N) is 1. The van der Waals surface area contributed by atoms with Crippen LogP contribution in [-0.2, 0) is 0 Å². The van der Waals surface area contributed by atoms with Crippen molar-refractivity contribution in [3.05, 3.63) is 77.6 Å². The van der Waals surface area contributed by atoms with Gasteiger partial charge >= 0.3 is 0 Å². The van der Waals surface area contributed by atoms with E-state index >= 15 is 0 Å².